The summed E-state index contributed by atoms with van der Waals surface area (Å²) in [7, 11) is 0. The summed E-state index contributed by atoms with van der Waals surface area (Å²) >= 11 is 7.51. The number of rotatable bonds is 5. The molecule has 0 spiro atoms. The Hall–Kier alpha value is -2.57. The number of carbonyl (C=O) groups excluding carboxylic acids is 1. The van der Waals surface area contributed by atoms with Crippen LogP contribution in [0.15, 0.2) is 58.7 Å². The van der Waals surface area contributed by atoms with E-state index in [1.807, 2.05) is 42.7 Å². The Labute approximate surface area is 190 Å². The Kier molecular flexibility index (Phi) is 5.83. The second-order valence-corrected chi connectivity index (χ2v) is 9.50. The van der Waals surface area contributed by atoms with Crippen LogP contribution in [0.3, 0.4) is 0 Å². The van der Waals surface area contributed by atoms with E-state index < -0.39 is 0 Å². The zero-order chi connectivity index (χ0) is 21.2. The molecule has 0 atom stereocenters. The summed E-state index contributed by atoms with van der Waals surface area (Å²) in [5.74, 6) is 0.697. The molecule has 1 amide bonds. The van der Waals surface area contributed by atoms with Crippen LogP contribution in [0.4, 0.5) is 5.69 Å². The van der Waals surface area contributed by atoms with Gasteiger partial charge in [-0.15, -0.1) is 0 Å². The van der Waals surface area contributed by atoms with Gasteiger partial charge in [-0.25, -0.2) is 9.98 Å². The van der Waals surface area contributed by atoms with Crippen LogP contribution in [0, 0.1) is 5.92 Å². The fourth-order valence-electron chi connectivity index (χ4n) is 4.25. The van der Waals surface area contributed by atoms with Crippen LogP contribution in [0.2, 0.25) is 5.02 Å². The van der Waals surface area contributed by atoms with Crippen molar-refractivity contribution in [1.29, 1.82) is 0 Å². The van der Waals surface area contributed by atoms with Gasteiger partial charge >= 0.3 is 0 Å². The third kappa shape index (κ3) is 4.55. The van der Waals surface area contributed by atoms with Crippen molar-refractivity contribution in [3.05, 3.63) is 64.3 Å². The normalized spacial score (nSPS) is 19.7. The van der Waals surface area contributed by atoms with Crippen molar-refractivity contribution in [1.82, 2.24) is 14.9 Å². The highest BCUT2D eigenvalue weighted by molar-refractivity contribution is 8.18. The van der Waals surface area contributed by atoms with Crippen molar-refractivity contribution >= 4 is 57.2 Å². The van der Waals surface area contributed by atoms with Gasteiger partial charge in [0.15, 0.2) is 5.17 Å². The molecule has 3 aromatic rings. The van der Waals surface area contributed by atoms with E-state index in [1.54, 1.807) is 6.07 Å². The second kappa shape index (κ2) is 8.89. The highest BCUT2D eigenvalue weighted by atomic mass is 35.5. The Balaban J connectivity index is 1.36. The fourth-order valence-corrected chi connectivity index (χ4v) is 5.26. The SMILES string of the molecule is O=C1NC(=Nc2ccccc2Cl)S/C1=C/c1ccc2ncn(CCC3CCCC3)c2c1. The zero-order valence-corrected chi connectivity index (χ0v) is 18.6. The monoisotopic (exact) mass is 450 g/mol. The number of aliphatic imine (C=N–C) groups is 1. The maximum absolute atomic E-state index is 12.5. The number of aromatic nitrogens is 2. The number of hydrogen-bond donors (Lipinski definition) is 1. The van der Waals surface area contributed by atoms with Crippen molar-refractivity contribution in [3.63, 3.8) is 0 Å². The molecule has 2 heterocycles. The minimum atomic E-state index is -0.148. The molecule has 1 aliphatic heterocycles. The molecule has 1 aliphatic carbocycles. The third-order valence-corrected chi connectivity index (χ3v) is 7.15. The molecule has 1 saturated heterocycles. The van der Waals surface area contributed by atoms with Gasteiger partial charge in [0.2, 0.25) is 0 Å². The number of nitrogens with one attached hydrogen (secondary N) is 1. The average molecular weight is 451 g/mol. The van der Waals surface area contributed by atoms with Gasteiger partial charge in [-0.1, -0.05) is 55.5 Å². The van der Waals surface area contributed by atoms with Gasteiger partial charge < -0.3 is 9.88 Å². The summed E-state index contributed by atoms with van der Waals surface area (Å²) in [5, 5.41) is 3.91. The number of hydrogen-bond acceptors (Lipinski definition) is 4. The van der Waals surface area contributed by atoms with Gasteiger partial charge in [0.25, 0.3) is 5.91 Å². The van der Waals surface area contributed by atoms with Crippen molar-refractivity contribution in [2.75, 3.05) is 0 Å². The summed E-state index contributed by atoms with van der Waals surface area (Å²) in [5.41, 5.74) is 3.71. The van der Waals surface area contributed by atoms with E-state index in [4.69, 9.17) is 11.6 Å². The highest BCUT2D eigenvalue weighted by Gasteiger charge is 2.24. The zero-order valence-electron chi connectivity index (χ0n) is 17.1. The third-order valence-electron chi connectivity index (χ3n) is 5.92. The Morgan fingerprint density at radius 1 is 1.23 bits per heavy atom. The van der Waals surface area contributed by atoms with Crippen LogP contribution in [-0.2, 0) is 11.3 Å². The summed E-state index contributed by atoms with van der Waals surface area (Å²) < 4.78 is 2.24. The van der Waals surface area contributed by atoms with E-state index in [0.29, 0.717) is 20.8 Å². The maximum atomic E-state index is 12.5. The van der Waals surface area contributed by atoms with Crippen LogP contribution in [0.1, 0.15) is 37.7 Å². The van der Waals surface area contributed by atoms with Crippen LogP contribution in [0.25, 0.3) is 17.1 Å². The van der Waals surface area contributed by atoms with E-state index in [-0.39, 0.29) is 5.91 Å². The number of thioether (sulfide) groups is 1. The lowest BCUT2D eigenvalue weighted by molar-refractivity contribution is -0.115. The first-order valence-electron chi connectivity index (χ1n) is 10.6. The predicted octanol–water partition coefficient (Wildman–Crippen LogP) is 6.16. The molecule has 1 N–H and O–H groups in total. The molecular formula is C24H23ClN4OS. The number of imidazole rings is 1. The molecule has 158 valence electrons. The van der Waals surface area contributed by atoms with Gasteiger partial charge in [-0.3, -0.25) is 4.79 Å². The number of aryl methyl sites for hydroxylation is 1. The Morgan fingerprint density at radius 3 is 2.90 bits per heavy atom. The van der Waals surface area contributed by atoms with E-state index in [9.17, 15) is 4.79 Å². The minimum Gasteiger partial charge on any atom is -0.331 e. The molecule has 7 heteroatoms. The van der Waals surface area contributed by atoms with Crippen LogP contribution in [-0.4, -0.2) is 20.6 Å². The average Bonchev–Trinajstić information content (AvgIpc) is 3.49. The number of para-hydroxylation sites is 1. The Morgan fingerprint density at radius 2 is 2.06 bits per heavy atom. The number of fused-ring (bicyclic) bond motifs is 1. The molecular weight excluding hydrogens is 428 g/mol. The molecule has 1 saturated carbocycles. The molecule has 0 bridgehead atoms. The minimum absolute atomic E-state index is 0.148. The van der Waals surface area contributed by atoms with Crippen molar-refractivity contribution < 1.29 is 4.79 Å². The van der Waals surface area contributed by atoms with Gasteiger partial charge in [-0.05, 0) is 60.0 Å². The van der Waals surface area contributed by atoms with Crippen LogP contribution < -0.4 is 5.32 Å². The highest BCUT2D eigenvalue weighted by Crippen LogP contribution is 2.32. The van der Waals surface area contributed by atoms with Crippen LogP contribution in [0.5, 0.6) is 0 Å². The van der Waals surface area contributed by atoms with Gasteiger partial charge in [0.05, 0.1) is 33.0 Å². The topological polar surface area (TPSA) is 59.3 Å². The molecule has 1 aromatic heterocycles. The van der Waals surface area contributed by atoms with Crippen molar-refractivity contribution in [2.45, 2.75) is 38.6 Å². The standard InChI is InChI=1S/C24H23ClN4OS/c25-18-7-3-4-8-19(18)27-24-28-23(30)22(31-24)14-17-9-10-20-21(13-17)29(15-26-20)12-11-16-5-1-2-6-16/h3-4,7-10,13-16H,1-2,5-6,11-12H2,(H,27,28,30)/b22-14+. The van der Waals surface area contributed by atoms with Crippen molar-refractivity contribution in [2.24, 2.45) is 10.9 Å². The molecule has 5 nitrogen and oxygen atoms in total. The molecule has 2 aromatic carbocycles. The Bertz CT molecular complexity index is 1190. The predicted molar refractivity (Wildman–Crippen MR) is 129 cm³/mol. The summed E-state index contributed by atoms with van der Waals surface area (Å²) in [6.07, 6.45) is 10.5. The first-order chi connectivity index (χ1) is 15.2. The number of benzene rings is 2. The number of amides is 1. The summed E-state index contributed by atoms with van der Waals surface area (Å²) in [6, 6.07) is 13.5. The first-order valence-corrected chi connectivity index (χ1v) is 11.8. The number of carbonyl (C=O) groups is 1. The fraction of sp³-hybridized carbons (Fsp3) is 0.292. The largest absolute Gasteiger partial charge is 0.331 e. The molecule has 0 radical (unpaired) electrons. The van der Waals surface area contributed by atoms with Gasteiger partial charge in [0.1, 0.15) is 0 Å². The molecule has 31 heavy (non-hydrogen) atoms. The number of amidine groups is 1. The lowest BCUT2D eigenvalue weighted by atomic mass is 10.0. The first kappa shape index (κ1) is 20.3. The summed E-state index contributed by atoms with van der Waals surface area (Å²) in [4.78, 5) is 22.1. The van der Waals surface area contributed by atoms with E-state index in [0.717, 1.165) is 29.1 Å². The molecule has 5 rings (SSSR count). The van der Waals surface area contributed by atoms with Gasteiger partial charge in [0, 0.05) is 6.54 Å². The molecule has 2 aliphatic rings. The van der Waals surface area contributed by atoms with Crippen LogP contribution >= 0.6 is 23.4 Å². The maximum Gasteiger partial charge on any atom is 0.264 e. The number of nitrogens with zero attached hydrogens (tertiary/aromatic N) is 3. The van der Waals surface area contributed by atoms with Gasteiger partial charge in [-0.2, -0.15) is 0 Å². The quantitative estimate of drug-likeness (QED) is 0.473. The molecule has 2 fully saturated rings. The van der Waals surface area contributed by atoms with E-state index >= 15 is 0 Å². The van der Waals surface area contributed by atoms with E-state index in [2.05, 4.69) is 25.9 Å². The lowest BCUT2D eigenvalue weighted by Crippen LogP contribution is -2.19. The lowest BCUT2D eigenvalue weighted by Gasteiger charge is -2.10. The summed E-state index contributed by atoms with van der Waals surface area (Å²) in [6.45, 7) is 0.991. The second-order valence-electron chi connectivity index (χ2n) is 8.06. The number of halogens is 1. The van der Waals surface area contributed by atoms with Crippen molar-refractivity contribution in [3.8, 4) is 0 Å². The molecule has 0 unspecified atom stereocenters. The van der Waals surface area contributed by atoms with E-state index in [1.165, 1.54) is 43.9 Å². The smallest absolute Gasteiger partial charge is 0.264 e.